The van der Waals surface area contributed by atoms with Gasteiger partial charge in [-0.3, -0.25) is 4.98 Å². The first-order chi connectivity index (χ1) is 26.8. The Kier molecular flexibility index (Phi) is 7.77. The monoisotopic (exact) mass is 688 g/mol. The summed E-state index contributed by atoms with van der Waals surface area (Å²) in [6, 6.07) is 66.0. The molecule has 0 fully saturated rings. The van der Waals surface area contributed by atoms with Gasteiger partial charge in [0, 0.05) is 28.3 Å². The Balaban J connectivity index is 1.09. The number of rotatable bonds is 6. The lowest BCUT2D eigenvalue weighted by Gasteiger charge is -2.18. The third kappa shape index (κ3) is 5.67. The van der Waals surface area contributed by atoms with Gasteiger partial charge in [0.25, 0.3) is 0 Å². The molecule has 10 aromatic rings. The maximum Gasteiger partial charge on any atom is 0.164 e. The van der Waals surface area contributed by atoms with Gasteiger partial charge in [-0.2, -0.15) is 0 Å². The smallest absolute Gasteiger partial charge is 0.164 e. The molecule has 54 heavy (non-hydrogen) atoms. The quantitative estimate of drug-likeness (QED) is 0.163. The average Bonchev–Trinajstić information content (AvgIpc) is 3.26. The van der Waals surface area contributed by atoms with Crippen molar-refractivity contribution in [1.29, 1.82) is 0 Å². The first-order valence-corrected chi connectivity index (χ1v) is 18.1. The molecule has 0 aliphatic rings. The minimum Gasteiger partial charge on any atom is -0.256 e. The van der Waals surface area contributed by atoms with Crippen LogP contribution in [0.4, 0.5) is 0 Å². The van der Waals surface area contributed by atoms with Crippen LogP contribution < -0.4 is 0 Å². The largest absolute Gasteiger partial charge is 0.256 e. The zero-order valence-corrected chi connectivity index (χ0v) is 29.3. The van der Waals surface area contributed by atoms with Crippen molar-refractivity contribution in [2.45, 2.75) is 0 Å². The van der Waals surface area contributed by atoms with Gasteiger partial charge in [-0.1, -0.05) is 164 Å². The van der Waals surface area contributed by atoms with Gasteiger partial charge in [-0.05, 0) is 79.2 Å². The third-order valence-corrected chi connectivity index (χ3v) is 10.2. The minimum absolute atomic E-state index is 0.623. The molecule has 0 spiro atoms. The van der Waals surface area contributed by atoms with Crippen LogP contribution in [-0.4, -0.2) is 19.9 Å². The molecule has 252 valence electrons. The van der Waals surface area contributed by atoms with Gasteiger partial charge in [0.2, 0.25) is 0 Å². The lowest BCUT2D eigenvalue weighted by Crippen LogP contribution is -2.00. The van der Waals surface area contributed by atoms with Gasteiger partial charge in [0.15, 0.2) is 17.5 Å². The van der Waals surface area contributed by atoms with Crippen LogP contribution >= 0.6 is 0 Å². The van der Waals surface area contributed by atoms with Gasteiger partial charge in [0.1, 0.15) is 0 Å². The highest BCUT2D eigenvalue weighted by Gasteiger charge is 2.18. The van der Waals surface area contributed by atoms with Crippen LogP contribution in [0.2, 0.25) is 0 Å². The van der Waals surface area contributed by atoms with Crippen LogP contribution in [0.25, 0.3) is 100.0 Å². The van der Waals surface area contributed by atoms with E-state index in [2.05, 4.69) is 145 Å². The number of hydrogen-bond donors (Lipinski definition) is 0. The van der Waals surface area contributed by atoms with E-state index in [1.165, 1.54) is 49.4 Å². The van der Waals surface area contributed by atoms with Crippen molar-refractivity contribution in [3.8, 4) is 67.5 Å². The Morgan fingerprint density at radius 2 is 0.667 bits per heavy atom. The molecule has 0 atom stereocenters. The van der Waals surface area contributed by atoms with E-state index in [4.69, 9.17) is 15.0 Å². The van der Waals surface area contributed by atoms with Crippen molar-refractivity contribution in [1.82, 2.24) is 19.9 Å². The summed E-state index contributed by atoms with van der Waals surface area (Å²) in [4.78, 5) is 19.5. The van der Waals surface area contributed by atoms with Crippen LogP contribution in [0.15, 0.2) is 194 Å². The van der Waals surface area contributed by atoms with E-state index < -0.39 is 0 Å². The topological polar surface area (TPSA) is 51.6 Å². The first kappa shape index (κ1) is 31.4. The number of nitrogens with zero attached hydrogens (tertiary/aromatic N) is 4. The highest BCUT2D eigenvalue weighted by atomic mass is 15.0. The normalized spacial score (nSPS) is 11.3. The molecular formula is C50H32N4. The maximum atomic E-state index is 5.04. The molecule has 0 amide bonds. The Morgan fingerprint density at radius 1 is 0.278 bits per heavy atom. The van der Waals surface area contributed by atoms with E-state index in [0.717, 1.165) is 33.2 Å². The molecule has 4 nitrogen and oxygen atoms in total. The second kappa shape index (κ2) is 13.4. The molecule has 0 aliphatic carbocycles. The Bertz CT molecular complexity index is 2900. The number of fused-ring (bicyclic) bond motifs is 3. The number of aromatic nitrogens is 4. The van der Waals surface area contributed by atoms with Crippen molar-refractivity contribution in [3.05, 3.63) is 194 Å². The molecular weight excluding hydrogens is 657 g/mol. The molecule has 10 rings (SSSR count). The van der Waals surface area contributed by atoms with Gasteiger partial charge < -0.3 is 0 Å². The average molecular weight is 689 g/mol. The van der Waals surface area contributed by atoms with Crippen LogP contribution in [0.3, 0.4) is 0 Å². The predicted molar refractivity (Wildman–Crippen MR) is 223 cm³/mol. The molecule has 0 saturated heterocycles. The molecule has 4 heteroatoms. The molecule has 0 aliphatic heterocycles. The Hall–Kier alpha value is -7.30. The van der Waals surface area contributed by atoms with Crippen LogP contribution in [0, 0.1) is 0 Å². The lowest BCUT2D eigenvalue weighted by molar-refractivity contribution is 1.07. The fraction of sp³-hybridized carbons (Fsp3) is 0. The third-order valence-electron chi connectivity index (χ3n) is 10.2. The molecule has 2 heterocycles. The Morgan fingerprint density at radius 3 is 1.20 bits per heavy atom. The second-order valence-electron chi connectivity index (χ2n) is 13.4. The first-order valence-electron chi connectivity index (χ1n) is 18.1. The fourth-order valence-corrected chi connectivity index (χ4v) is 7.56. The summed E-state index contributed by atoms with van der Waals surface area (Å²) in [5, 5.41) is 5.92. The maximum absolute atomic E-state index is 5.04. The molecule has 8 aromatic carbocycles. The minimum atomic E-state index is 0.623. The van der Waals surface area contributed by atoms with E-state index in [-0.39, 0.29) is 0 Å². The molecule has 0 saturated carbocycles. The number of benzene rings is 8. The molecule has 0 radical (unpaired) electrons. The summed E-state index contributed by atoms with van der Waals surface area (Å²) in [5.74, 6) is 1.88. The van der Waals surface area contributed by atoms with Gasteiger partial charge in [-0.15, -0.1) is 0 Å². The van der Waals surface area contributed by atoms with Gasteiger partial charge in [-0.25, -0.2) is 15.0 Å². The molecule has 0 bridgehead atoms. The summed E-state index contributed by atoms with van der Waals surface area (Å²) in [7, 11) is 0. The highest BCUT2D eigenvalue weighted by Crippen LogP contribution is 2.44. The van der Waals surface area contributed by atoms with E-state index >= 15 is 0 Å². The summed E-state index contributed by atoms with van der Waals surface area (Å²) in [6.45, 7) is 0. The van der Waals surface area contributed by atoms with E-state index in [1.54, 1.807) is 0 Å². The zero-order valence-electron chi connectivity index (χ0n) is 29.3. The summed E-state index contributed by atoms with van der Waals surface area (Å²) in [5.41, 5.74) is 10.9. The summed E-state index contributed by atoms with van der Waals surface area (Å²) in [6.07, 6.45) is 1.81. The van der Waals surface area contributed by atoms with Crippen molar-refractivity contribution in [2.75, 3.05) is 0 Å². The van der Waals surface area contributed by atoms with Crippen molar-refractivity contribution in [2.24, 2.45) is 0 Å². The van der Waals surface area contributed by atoms with E-state index in [1.807, 2.05) is 54.7 Å². The highest BCUT2D eigenvalue weighted by molar-refractivity contribution is 6.21. The zero-order chi connectivity index (χ0) is 35.8. The van der Waals surface area contributed by atoms with Crippen LogP contribution in [0.5, 0.6) is 0 Å². The Labute approximate surface area is 313 Å². The van der Waals surface area contributed by atoms with Crippen molar-refractivity contribution in [3.63, 3.8) is 0 Å². The van der Waals surface area contributed by atoms with Crippen LogP contribution in [0.1, 0.15) is 0 Å². The predicted octanol–water partition coefficient (Wildman–Crippen LogP) is 12.7. The van der Waals surface area contributed by atoms with Crippen molar-refractivity contribution < 1.29 is 0 Å². The SMILES string of the molecule is c1ccc(-c2ccc(-c3c4ccccc4c(-c4ccc(-c5nc(-c6ccccc6)nc(-c6ccc7ncccc7c6)n5)cc4)c4ccccc34)cc2)cc1. The molecule has 0 N–H and O–H groups in total. The van der Waals surface area contributed by atoms with Crippen LogP contribution in [-0.2, 0) is 0 Å². The van der Waals surface area contributed by atoms with E-state index in [0.29, 0.717) is 17.5 Å². The van der Waals surface area contributed by atoms with Crippen molar-refractivity contribution >= 4 is 32.4 Å². The number of hydrogen-bond acceptors (Lipinski definition) is 4. The standard InChI is InChI=1S/C50H32N4/c1-3-12-33(13-4-1)34-21-23-35(24-22-34)46-41-17-7-9-19-43(41)47(44-20-10-8-18-42(44)46)36-25-27-38(28-26-36)49-52-48(37-14-5-2-6-15-37)53-50(54-49)40-29-30-45-39(32-40)16-11-31-51-45/h1-32H. The molecule has 0 unspecified atom stereocenters. The van der Waals surface area contributed by atoms with E-state index in [9.17, 15) is 0 Å². The lowest BCUT2D eigenvalue weighted by atomic mass is 9.85. The summed E-state index contributed by atoms with van der Waals surface area (Å²) >= 11 is 0. The summed E-state index contributed by atoms with van der Waals surface area (Å²) < 4.78 is 0. The number of pyridine rings is 1. The fourth-order valence-electron chi connectivity index (χ4n) is 7.56. The van der Waals surface area contributed by atoms with Gasteiger partial charge in [0.05, 0.1) is 5.52 Å². The molecule has 2 aromatic heterocycles. The van der Waals surface area contributed by atoms with Gasteiger partial charge >= 0.3 is 0 Å². The second-order valence-corrected chi connectivity index (χ2v) is 13.4.